The van der Waals surface area contributed by atoms with Gasteiger partial charge >= 0.3 is 0 Å². The van der Waals surface area contributed by atoms with Crippen molar-refractivity contribution in [2.45, 2.75) is 6.92 Å². The molecule has 0 saturated heterocycles. The van der Waals surface area contributed by atoms with E-state index in [0.717, 1.165) is 5.70 Å². The first-order chi connectivity index (χ1) is 4.31. The highest BCUT2D eigenvalue weighted by Gasteiger charge is 1.74. The van der Waals surface area contributed by atoms with E-state index in [1.807, 2.05) is 19.3 Å². The largest absolute Gasteiger partial charge is 0.255 e. The molecule has 0 bridgehead atoms. The van der Waals surface area contributed by atoms with Crippen molar-refractivity contribution in [2.75, 3.05) is 6.26 Å². The molecule has 0 unspecified atom stereocenters. The first-order valence-corrected chi connectivity index (χ1v) is 3.94. The molecule has 2 heteroatoms. The summed E-state index contributed by atoms with van der Waals surface area (Å²) in [7, 11) is 0. The molecule has 1 nitrogen and oxygen atoms in total. The maximum Gasteiger partial charge on any atom is 0.0597 e. The molecule has 0 aromatic rings. The fourth-order valence-electron chi connectivity index (χ4n) is 0.349. The van der Waals surface area contributed by atoms with Crippen LogP contribution in [0, 0.1) is 0 Å². The molecule has 0 rings (SSSR count). The van der Waals surface area contributed by atoms with Gasteiger partial charge in [0.15, 0.2) is 0 Å². The van der Waals surface area contributed by atoms with Crippen molar-refractivity contribution < 1.29 is 0 Å². The lowest BCUT2D eigenvalue weighted by atomic mass is 10.4. The standard InChI is InChI=1S/C7H11NS/c1-4-5-7(2)8-6-9-3/h4-6H,1H2,2-3H3/b7-5+,8-6-. The second-order valence-corrected chi connectivity index (χ2v) is 2.20. The molecule has 0 aliphatic rings. The minimum Gasteiger partial charge on any atom is -0.255 e. The summed E-state index contributed by atoms with van der Waals surface area (Å²) in [6.45, 7) is 5.49. The van der Waals surface area contributed by atoms with E-state index in [9.17, 15) is 0 Å². The van der Waals surface area contributed by atoms with Gasteiger partial charge in [-0.15, -0.1) is 11.8 Å². The van der Waals surface area contributed by atoms with E-state index < -0.39 is 0 Å². The third-order valence-corrected chi connectivity index (χ3v) is 1.04. The molecule has 0 heterocycles. The Morgan fingerprint density at radius 1 is 1.67 bits per heavy atom. The van der Waals surface area contributed by atoms with Crippen molar-refractivity contribution in [3.05, 3.63) is 24.4 Å². The Hall–Kier alpha value is -0.500. The van der Waals surface area contributed by atoms with Gasteiger partial charge in [-0.3, -0.25) is 4.99 Å². The lowest BCUT2D eigenvalue weighted by molar-refractivity contribution is 1.33. The molecule has 0 aromatic carbocycles. The van der Waals surface area contributed by atoms with Gasteiger partial charge in [-0.1, -0.05) is 12.7 Å². The smallest absolute Gasteiger partial charge is 0.0597 e. The van der Waals surface area contributed by atoms with Crippen molar-refractivity contribution in [3.8, 4) is 0 Å². The number of hydrogen-bond acceptors (Lipinski definition) is 2. The Morgan fingerprint density at radius 2 is 2.33 bits per heavy atom. The van der Waals surface area contributed by atoms with Gasteiger partial charge < -0.3 is 0 Å². The molecule has 0 fully saturated rings. The molecule has 0 aliphatic carbocycles. The maximum absolute atomic E-state index is 4.06. The number of hydrogen-bond donors (Lipinski definition) is 0. The van der Waals surface area contributed by atoms with Gasteiger partial charge in [0.25, 0.3) is 0 Å². The number of allylic oxidation sites excluding steroid dienone is 3. The first kappa shape index (κ1) is 8.50. The Labute approximate surface area is 60.6 Å². The quantitative estimate of drug-likeness (QED) is 0.334. The van der Waals surface area contributed by atoms with Crippen LogP contribution in [0.3, 0.4) is 0 Å². The second-order valence-electron chi connectivity index (χ2n) is 1.51. The Kier molecular flexibility index (Phi) is 5.32. The van der Waals surface area contributed by atoms with Crippen LogP contribution < -0.4 is 0 Å². The summed E-state index contributed by atoms with van der Waals surface area (Å²) < 4.78 is 0. The van der Waals surface area contributed by atoms with Crippen molar-refractivity contribution in [3.63, 3.8) is 0 Å². The highest BCUT2D eigenvalue weighted by Crippen LogP contribution is 1.95. The summed E-state index contributed by atoms with van der Waals surface area (Å²) in [5, 5.41) is 0. The molecule has 0 spiro atoms. The molecule has 0 saturated carbocycles. The third-order valence-electron chi connectivity index (χ3n) is 0.721. The minimum absolute atomic E-state index is 0.986. The molecule has 50 valence electrons. The number of rotatable bonds is 3. The van der Waals surface area contributed by atoms with E-state index in [-0.39, 0.29) is 0 Å². The topological polar surface area (TPSA) is 12.4 Å². The van der Waals surface area contributed by atoms with E-state index in [2.05, 4.69) is 11.6 Å². The number of aliphatic imine (C=N–C) groups is 1. The Morgan fingerprint density at radius 3 is 2.78 bits per heavy atom. The van der Waals surface area contributed by atoms with E-state index in [1.165, 1.54) is 0 Å². The van der Waals surface area contributed by atoms with Gasteiger partial charge in [0, 0.05) is 5.70 Å². The van der Waals surface area contributed by atoms with Crippen molar-refractivity contribution in [2.24, 2.45) is 4.99 Å². The average molecular weight is 141 g/mol. The summed E-state index contributed by atoms with van der Waals surface area (Å²) in [4.78, 5) is 4.06. The maximum atomic E-state index is 4.06. The van der Waals surface area contributed by atoms with Crippen molar-refractivity contribution in [1.82, 2.24) is 0 Å². The summed E-state index contributed by atoms with van der Waals surface area (Å²) in [6, 6.07) is 0. The fraction of sp³-hybridized carbons (Fsp3) is 0.286. The van der Waals surface area contributed by atoms with Gasteiger partial charge in [-0.2, -0.15) is 0 Å². The van der Waals surface area contributed by atoms with Crippen LogP contribution in [0.15, 0.2) is 29.4 Å². The van der Waals surface area contributed by atoms with E-state index >= 15 is 0 Å². The van der Waals surface area contributed by atoms with E-state index in [4.69, 9.17) is 0 Å². The zero-order valence-corrected chi connectivity index (χ0v) is 6.61. The van der Waals surface area contributed by atoms with Gasteiger partial charge in [0.2, 0.25) is 0 Å². The average Bonchev–Trinajstić information content (AvgIpc) is 1.85. The summed E-state index contributed by atoms with van der Waals surface area (Å²) in [5.41, 5.74) is 2.79. The summed E-state index contributed by atoms with van der Waals surface area (Å²) >= 11 is 1.59. The third kappa shape index (κ3) is 5.37. The first-order valence-electron chi connectivity index (χ1n) is 2.66. The van der Waals surface area contributed by atoms with Crippen LogP contribution in [-0.2, 0) is 0 Å². The normalized spacial score (nSPS) is 12.4. The molecule has 0 aromatic heterocycles. The number of nitrogens with zero attached hydrogens (tertiary/aromatic N) is 1. The van der Waals surface area contributed by atoms with Crippen LogP contribution in [0.5, 0.6) is 0 Å². The summed E-state index contributed by atoms with van der Waals surface area (Å²) in [5.74, 6) is 0. The highest BCUT2D eigenvalue weighted by atomic mass is 32.2. The Bertz CT molecular complexity index is 136. The van der Waals surface area contributed by atoms with Crippen LogP contribution in [0.25, 0.3) is 0 Å². The Balaban J connectivity index is 3.74. The SMILES string of the molecule is C=C/C=C(C)/N=C\SC. The summed E-state index contributed by atoms with van der Waals surface area (Å²) in [6.07, 6.45) is 5.57. The zero-order chi connectivity index (χ0) is 7.11. The lowest BCUT2D eigenvalue weighted by Crippen LogP contribution is -1.66. The van der Waals surface area contributed by atoms with Gasteiger partial charge in [0.05, 0.1) is 5.55 Å². The van der Waals surface area contributed by atoms with Crippen LogP contribution >= 0.6 is 11.8 Å². The second kappa shape index (κ2) is 5.63. The molecule has 0 aliphatic heterocycles. The molecule has 9 heavy (non-hydrogen) atoms. The monoisotopic (exact) mass is 141 g/mol. The van der Waals surface area contributed by atoms with E-state index in [0.29, 0.717) is 0 Å². The predicted octanol–water partition coefficient (Wildman–Crippen LogP) is 2.47. The highest BCUT2D eigenvalue weighted by molar-refractivity contribution is 8.11. The zero-order valence-electron chi connectivity index (χ0n) is 5.79. The molecule has 0 radical (unpaired) electrons. The van der Waals surface area contributed by atoms with Crippen molar-refractivity contribution >= 4 is 17.3 Å². The van der Waals surface area contributed by atoms with Crippen LogP contribution in [0.2, 0.25) is 0 Å². The van der Waals surface area contributed by atoms with Crippen LogP contribution in [-0.4, -0.2) is 11.8 Å². The van der Waals surface area contributed by atoms with Crippen LogP contribution in [0.4, 0.5) is 0 Å². The fourth-order valence-corrected chi connectivity index (χ4v) is 0.621. The van der Waals surface area contributed by atoms with Gasteiger partial charge in [-0.25, -0.2) is 0 Å². The molecule has 0 N–H and O–H groups in total. The number of thioether (sulfide) groups is 1. The van der Waals surface area contributed by atoms with E-state index in [1.54, 1.807) is 23.4 Å². The van der Waals surface area contributed by atoms with Gasteiger partial charge in [0.1, 0.15) is 0 Å². The lowest BCUT2D eigenvalue weighted by Gasteiger charge is -1.84. The van der Waals surface area contributed by atoms with Crippen LogP contribution in [0.1, 0.15) is 6.92 Å². The molecular weight excluding hydrogens is 130 g/mol. The molecular formula is C7H11NS. The van der Waals surface area contributed by atoms with Gasteiger partial charge in [-0.05, 0) is 19.3 Å². The minimum atomic E-state index is 0.986. The molecule has 0 amide bonds. The predicted molar refractivity (Wildman–Crippen MR) is 46.0 cm³/mol. The molecule has 0 atom stereocenters. The van der Waals surface area contributed by atoms with Crippen molar-refractivity contribution in [1.29, 1.82) is 0 Å².